The van der Waals surface area contributed by atoms with Crippen molar-refractivity contribution < 1.29 is 9.53 Å². The van der Waals surface area contributed by atoms with E-state index in [1.165, 1.54) is 0 Å². The van der Waals surface area contributed by atoms with Crippen LogP contribution in [-0.4, -0.2) is 12.5 Å². The van der Waals surface area contributed by atoms with E-state index in [0.29, 0.717) is 10.8 Å². The molecule has 3 N–H and O–H groups in total. The first-order valence-electron chi connectivity index (χ1n) is 6.58. The van der Waals surface area contributed by atoms with E-state index < -0.39 is 5.91 Å². The number of amides is 1. The van der Waals surface area contributed by atoms with Crippen LogP contribution in [-0.2, 0) is 4.79 Å². The van der Waals surface area contributed by atoms with Gasteiger partial charge in [0.2, 0.25) is 0 Å². The third-order valence-electron chi connectivity index (χ3n) is 2.95. The van der Waals surface area contributed by atoms with Gasteiger partial charge in [0.15, 0.2) is 6.61 Å². The highest BCUT2D eigenvalue weighted by molar-refractivity contribution is 6.30. The van der Waals surface area contributed by atoms with Gasteiger partial charge in [0, 0.05) is 22.8 Å². The summed E-state index contributed by atoms with van der Waals surface area (Å²) in [5.41, 5.74) is 7.04. The summed E-state index contributed by atoms with van der Waals surface area (Å²) in [6.45, 7) is 1.91. The molecule has 1 atom stereocenters. The molecular formula is C16H17ClN2O2. The number of hydrogen-bond acceptors (Lipinski definition) is 3. The van der Waals surface area contributed by atoms with Gasteiger partial charge in [-0.2, -0.15) is 0 Å². The Morgan fingerprint density at radius 2 is 2.05 bits per heavy atom. The highest BCUT2D eigenvalue weighted by Crippen LogP contribution is 2.24. The molecule has 2 aromatic carbocycles. The maximum atomic E-state index is 10.7. The van der Waals surface area contributed by atoms with Crippen LogP contribution in [0.1, 0.15) is 18.5 Å². The molecule has 0 fully saturated rings. The van der Waals surface area contributed by atoms with E-state index in [1.54, 1.807) is 6.07 Å². The summed E-state index contributed by atoms with van der Waals surface area (Å²) in [7, 11) is 0. The third-order valence-corrected chi connectivity index (χ3v) is 3.18. The molecule has 0 aromatic heterocycles. The molecule has 0 aliphatic carbocycles. The number of nitrogens with one attached hydrogen (secondary N) is 1. The first-order chi connectivity index (χ1) is 10.0. The zero-order valence-corrected chi connectivity index (χ0v) is 12.4. The minimum Gasteiger partial charge on any atom is -0.484 e. The molecule has 4 nitrogen and oxygen atoms in total. The zero-order chi connectivity index (χ0) is 15.2. The van der Waals surface area contributed by atoms with E-state index in [1.807, 2.05) is 49.4 Å². The van der Waals surface area contributed by atoms with Gasteiger partial charge >= 0.3 is 0 Å². The van der Waals surface area contributed by atoms with Crippen LogP contribution < -0.4 is 15.8 Å². The van der Waals surface area contributed by atoms with Gasteiger partial charge in [0.05, 0.1) is 0 Å². The molecule has 0 heterocycles. The maximum Gasteiger partial charge on any atom is 0.255 e. The summed E-state index contributed by atoms with van der Waals surface area (Å²) in [6, 6.07) is 15.2. The van der Waals surface area contributed by atoms with Crippen molar-refractivity contribution in [3.8, 4) is 5.75 Å². The molecule has 1 amide bonds. The maximum absolute atomic E-state index is 10.7. The number of carbonyl (C=O) groups excluding carboxylic acids is 1. The van der Waals surface area contributed by atoms with Crippen LogP contribution >= 0.6 is 11.6 Å². The quantitative estimate of drug-likeness (QED) is 0.860. The van der Waals surface area contributed by atoms with E-state index in [-0.39, 0.29) is 12.6 Å². The highest BCUT2D eigenvalue weighted by atomic mass is 35.5. The topological polar surface area (TPSA) is 64.3 Å². The molecule has 1 unspecified atom stereocenters. The second-order valence-corrected chi connectivity index (χ2v) is 5.14. The van der Waals surface area contributed by atoms with Gasteiger partial charge in [0.1, 0.15) is 5.75 Å². The number of primary amides is 1. The van der Waals surface area contributed by atoms with Crippen molar-refractivity contribution in [2.45, 2.75) is 13.0 Å². The van der Waals surface area contributed by atoms with Crippen molar-refractivity contribution in [2.75, 3.05) is 11.9 Å². The van der Waals surface area contributed by atoms with E-state index in [0.717, 1.165) is 11.3 Å². The van der Waals surface area contributed by atoms with Crippen LogP contribution in [0.15, 0.2) is 48.5 Å². The number of anilines is 1. The molecular weight excluding hydrogens is 288 g/mol. The molecule has 0 bridgehead atoms. The Morgan fingerprint density at radius 1 is 1.29 bits per heavy atom. The molecule has 21 heavy (non-hydrogen) atoms. The lowest BCUT2D eigenvalue weighted by molar-refractivity contribution is -0.119. The van der Waals surface area contributed by atoms with Crippen molar-refractivity contribution in [3.63, 3.8) is 0 Å². The van der Waals surface area contributed by atoms with Crippen molar-refractivity contribution in [1.29, 1.82) is 0 Å². The molecule has 0 radical (unpaired) electrons. The van der Waals surface area contributed by atoms with E-state index in [4.69, 9.17) is 22.1 Å². The lowest BCUT2D eigenvalue weighted by atomic mass is 10.1. The van der Waals surface area contributed by atoms with Crippen molar-refractivity contribution >= 4 is 23.2 Å². The van der Waals surface area contributed by atoms with E-state index >= 15 is 0 Å². The molecule has 5 heteroatoms. The van der Waals surface area contributed by atoms with E-state index in [9.17, 15) is 4.79 Å². The number of benzene rings is 2. The third kappa shape index (κ3) is 4.68. The molecule has 2 aromatic rings. The minimum absolute atomic E-state index is 0.0927. The summed E-state index contributed by atoms with van der Waals surface area (Å²) in [4.78, 5) is 10.7. The number of rotatable bonds is 6. The van der Waals surface area contributed by atoms with Crippen LogP contribution in [0.25, 0.3) is 0 Å². The number of ether oxygens (including phenoxy) is 1. The Bertz CT molecular complexity index is 631. The predicted octanol–water partition coefficient (Wildman–Crippen LogP) is 3.38. The summed E-state index contributed by atoms with van der Waals surface area (Å²) in [6.07, 6.45) is 0. The van der Waals surface area contributed by atoms with Crippen LogP contribution in [0.4, 0.5) is 5.69 Å². The van der Waals surface area contributed by atoms with Gasteiger partial charge in [-0.05, 0) is 36.8 Å². The van der Waals surface area contributed by atoms with E-state index in [2.05, 4.69) is 5.32 Å². The van der Waals surface area contributed by atoms with Crippen LogP contribution in [0.5, 0.6) is 5.75 Å². The van der Waals surface area contributed by atoms with Crippen molar-refractivity contribution in [2.24, 2.45) is 5.73 Å². The minimum atomic E-state index is -0.499. The van der Waals surface area contributed by atoms with Crippen LogP contribution in [0.3, 0.4) is 0 Å². The lowest BCUT2D eigenvalue weighted by Crippen LogP contribution is -2.20. The van der Waals surface area contributed by atoms with Gasteiger partial charge in [-0.15, -0.1) is 0 Å². The predicted molar refractivity (Wildman–Crippen MR) is 84.6 cm³/mol. The van der Waals surface area contributed by atoms with Gasteiger partial charge in [-0.3, -0.25) is 4.79 Å². The second-order valence-electron chi connectivity index (χ2n) is 4.70. The highest BCUT2D eigenvalue weighted by Gasteiger charge is 2.06. The van der Waals surface area contributed by atoms with Gasteiger partial charge in [-0.25, -0.2) is 0 Å². The van der Waals surface area contributed by atoms with Gasteiger partial charge in [0.25, 0.3) is 5.91 Å². The zero-order valence-electron chi connectivity index (χ0n) is 11.7. The Balaban J connectivity index is 2.05. The number of nitrogens with two attached hydrogens (primary N) is 1. The fourth-order valence-electron chi connectivity index (χ4n) is 1.94. The Hall–Kier alpha value is -2.20. The lowest BCUT2D eigenvalue weighted by Gasteiger charge is -2.16. The average Bonchev–Trinajstić information content (AvgIpc) is 2.45. The molecule has 0 aliphatic heterocycles. The fourth-order valence-corrected chi connectivity index (χ4v) is 2.14. The first-order valence-corrected chi connectivity index (χ1v) is 6.95. The monoisotopic (exact) mass is 304 g/mol. The Kier molecular flexibility index (Phi) is 5.06. The summed E-state index contributed by atoms with van der Waals surface area (Å²) in [5.74, 6) is 0.0951. The van der Waals surface area contributed by atoms with Crippen molar-refractivity contribution in [1.82, 2.24) is 0 Å². The largest absolute Gasteiger partial charge is 0.484 e. The summed E-state index contributed by atoms with van der Waals surface area (Å²) >= 11 is 6.00. The smallest absolute Gasteiger partial charge is 0.255 e. The van der Waals surface area contributed by atoms with Crippen LogP contribution in [0.2, 0.25) is 5.02 Å². The Labute approximate surface area is 128 Å². The second kappa shape index (κ2) is 6.99. The van der Waals surface area contributed by atoms with Gasteiger partial charge < -0.3 is 15.8 Å². The number of hydrogen-bond donors (Lipinski definition) is 2. The molecule has 2 rings (SSSR count). The fraction of sp³-hybridized carbons (Fsp3) is 0.188. The van der Waals surface area contributed by atoms with Crippen LogP contribution in [0, 0.1) is 0 Å². The molecule has 110 valence electrons. The normalized spacial score (nSPS) is 11.7. The first kappa shape index (κ1) is 15.2. The standard InChI is InChI=1S/C16H17ClN2O2/c1-11(12-4-2-5-13(17)8-12)19-14-6-3-7-15(9-14)21-10-16(18)20/h2-9,11,19H,10H2,1H3,(H2,18,20). The average molecular weight is 305 g/mol. The van der Waals surface area contributed by atoms with Gasteiger partial charge in [-0.1, -0.05) is 29.8 Å². The molecule has 0 saturated carbocycles. The summed E-state index contributed by atoms with van der Waals surface area (Å²) in [5, 5.41) is 4.07. The number of carbonyl (C=O) groups is 1. The molecule has 0 aliphatic rings. The van der Waals surface area contributed by atoms with Crippen molar-refractivity contribution in [3.05, 3.63) is 59.1 Å². The number of halogens is 1. The SMILES string of the molecule is CC(Nc1cccc(OCC(N)=O)c1)c1cccc(Cl)c1. The molecule has 0 spiro atoms. The summed E-state index contributed by atoms with van der Waals surface area (Å²) < 4.78 is 5.28. The molecule has 0 saturated heterocycles. The Morgan fingerprint density at radius 3 is 2.76 bits per heavy atom.